The Morgan fingerprint density at radius 2 is 1.68 bits per heavy atom. The van der Waals surface area contributed by atoms with Crippen molar-refractivity contribution in [2.24, 2.45) is 0 Å². The maximum Gasteiger partial charge on any atom is 0.243 e. The molecule has 3 rings (SSSR count). The number of rotatable bonds is 6. The van der Waals surface area contributed by atoms with Crippen molar-refractivity contribution >= 4 is 33.2 Å². The predicted octanol–water partition coefficient (Wildman–Crippen LogP) is 3.70. The summed E-state index contributed by atoms with van der Waals surface area (Å²) in [5.41, 5.74) is 1.86. The molecule has 0 unspecified atom stereocenters. The molecule has 5 nitrogen and oxygen atoms in total. The van der Waals surface area contributed by atoms with Crippen LogP contribution in [-0.2, 0) is 16.4 Å². The fourth-order valence-corrected chi connectivity index (χ4v) is 4.52. The van der Waals surface area contributed by atoms with Crippen LogP contribution in [0.25, 0.3) is 5.69 Å². The monoisotopic (exact) mass is 395 g/mol. The van der Waals surface area contributed by atoms with E-state index in [-0.39, 0.29) is 21.5 Å². The Hall–Kier alpha value is -1.86. The van der Waals surface area contributed by atoms with Crippen molar-refractivity contribution in [3.8, 4) is 5.69 Å². The highest BCUT2D eigenvalue weighted by Crippen LogP contribution is 2.28. The van der Waals surface area contributed by atoms with Crippen LogP contribution in [0.15, 0.2) is 65.8 Å². The fourth-order valence-electron chi connectivity index (χ4n) is 2.35. The van der Waals surface area contributed by atoms with E-state index < -0.39 is 10.0 Å². The number of nitrogens with one attached hydrogen (secondary N) is 1. The second-order valence-electron chi connectivity index (χ2n) is 5.33. The molecule has 0 fully saturated rings. The van der Waals surface area contributed by atoms with Crippen LogP contribution >= 0.6 is 23.2 Å². The summed E-state index contributed by atoms with van der Waals surface area (Å²) in [5.74, 6) is 0. The molecular weight excluding hydrogens is 381 g/mol. The minimum atomic E-state index is -3.78. The number of benzene rings is 2. The second-order valence-corrected chi connectivity index (χ2v) is 7.85. The van der Waals surface area contributed by atoms with E-state index >= 15 is 0 Å². The molecule has 0 aliphatic rings. The molecule has 0 spiro atoms. The summed E-state index contributed by atoms with van der Waals surface area (Å²) in [4.78, 5) is -0.0988. The smallest absolute Gasteiger partial charge is 0.241 e. The van der Waals surface area contributed by atoms with Gasteiger partial charge in [-0.15, -0.1) is 0 Å². The lowest BCUT2D eigenvalue weighted by Gasteiger charge is -2.09. The van der Waals surface area contributed by atoms with Crippen LogP contribution in [0.3, 0.4) is 0 Å². The van der Waals surface area contributed by atoms with Gasteiger partial charge in [-0.2, -0.15) is 5.10 Å². The highest BCUT2D eigenvalue weighted by molar-refractivity contribution is 7.89. The molecule has 0 bridgehead atoms. The van der Waals surface area contributed by atoms with E-state index in [1.165, 1.54) is 12.1 Å². The number of para-hydroxylation sites is 1. The molecule has 0 amide bonds. The molecule has 0 saturated heterocycles. The number of sulfonamides is 1. The van der Waals surface area contributed by atoms with Crippen molar-refractivity contribution in [2.75, 3.05) is 6.54 Å². The fraction of sp³-hybridized carbons (Fsp3) is 0.118. The van der Waals surface area contributed by atoms with Crippen LogP contribution in [0.4, 0.5) is 0 Å². The molecule has 25 heavy (non-hydrogen) atoms. The van der Waals surface area contributed by atoms with E-state index in [0.29, 0.717) is 6.42 Å². The summed E-state index contributed by atoms with van der Waals surface area (Å²) in [6, 6.07) is 14.3. The van der Waals surface area contributed by atoms with E-state index in [9.17, 15) is 8.42 Å². The highest BCUT2D eigenvalue weighted by Gasteiger charge is 2.20. The Labute approximate surface area is 156 Å². The molecule has 1 N–H and O–H groups in total. The van der Waals surface area contributed by atoms with Crippen LogP contribution in [0.2, 0.25) is 10.0 Å². The van der Waals surface area contributed by atoms with Crippen LogP contribution in [0.1, 0.15) is 5.56 Å². The zero-order chi connectivity index (χ0) is 17.9. The molecule has 0 aliphatic heterocycles. The zero-order valence-electron chi connectivity index (χ0n) is 13.1. The lowest BCUT2D eigenvalue weighted by Crippen LogP contribution is -2.26. The molecule has 0 radical (unpaired) electrons. The quantitative estimate of drug-likeness (QED) is 0.691. The van der Waals surface area contributed by atoms with Gasteiger partial charge in [-0.05, 0) is 36.2 Å². The molecule has 3 aromatic rings. The Kier molecular flexibility index (Phi) is 5.44. The molecule has 8 heteroatoms. The summed E-state index contributed by atoms with van der Waals surface area (Å²) in [5, 5.41) is 4.47. The summed E-state index contributed by atoms with van der Waals surface area (Å²) in [7, 11) is -3.78. The summed E-state index contributed by atoms with van der Waals surface area (Å²) < 4.78 is 29.0. The number of nitrogens with zero attached hydrogens (tertiary/aromatic N) is 2. The van der Waals surface area contributed by atoms with Crippen LogP contribution in [0, 0.1) is 0 Å². The Bertz CT molecular complexity index is 952. The standard InChI is InChI=1S/C17H15Cl2N3O2S/c18-15-7-4-8-16(19)17(15)25(23,24)21-10-9-13-11-20-22(12-13)14-5-2-1-3-6-14/h1-8,11-12,21H,9-10H2. The van der Waals surface area contributed by atoms with Gasteiger partial charge in [0.25, 0.3) is 0 Å². The van der Waals surface area contributed by atoms with Crippen LogP contribution in [0.5, 0.6) is 0 Å². The molecule has 0 saturated carbocycles. The van der Waals surface area contributed by atoms with Crippen LogP contribution in [-0.4, -0.2) is 24.7 Å². The Morgan fingerprint density at radius 3 is 2.36 bits per heavy atom. The average Bonchev–Trinajstić information content (AvgIpc) is 3.04. The van der Waals surface area contributed by atoms with Gasteiger partial charge < -0.3 is 0 Å². The average molecular weight is 396 g/mol. The van der Waals surface area contributed by atoms with Crippen molar-refractivity contribution < 1.29 is 8.42 Å². The molecule has 0 atom stereocenters. The van der Waals surface area contributed by atoms with Gasteiger partial charge in [0.2, 0.25) is 10.0 Å². The SMILES string of the molecule is O=S(=O)(NCCc1cnn(-c2ccccc2)c1)c1c(Cl)cccc1Cl. The number of hydrogen-bond acceptors (Lipinski definition) is 3. The van der Waals surface area contributed by atoms with Gasteiger partial charge in [-0.1, -0.05) is 47.5 Å². The first-order valence-corrected chi connectivity index (χ1v) is 9.74. The van der Waals surface area contributed by atoms with E-state index in [0.717, 1.165) is 11.3 Å². The first-order valence-electron chi connectivity index (χ1n) is 7.50. The molecule has 0 aliphatic carbocycles. The van der Waals surface area contributed by atoms with Crippen molar-refractivity contribution in [2.45, 2.75) is 11.3 Å². The molecular formula is C17H15Cl2N3O2S. The summed E-state index contributed by atoms with van der Waals surface area (Å²) >= 11 is 11.9. The lowest BCUT2D eigenvalue weighted by molar-refractivity contribution is 0.582. The normalized spacial score (nSPS) is 11.6. The van der Waals surface area contributed by atoms with E-state index in [2.05, 4.69) is 9.82 Å². The van der Waals surface area contributed by atoms with E-state index in [1.54, 1.807) is 16.9 Å². The topological polar surface area (TPSA) is 64.0 Å². The van der Waals surface area contributed by atoms with Crippen LogP contribution < -0.4 is 4.72 Å². The zero-order valence-corrected chi connectivity index (χ0v) is 15.4. The number of hydrogen-bond donors (Lipinski definition) is 1. The van der Waals surface area contributed by atoms with E-state index in [4.69, 9.17) is 23.2 Å². The second kappa shape index (κ2) is 7.58. The third-order valence-corrected chi connectivity index (χ3v) is 5.97. The maximum absolute atomic E-state index is 12.4. The summed E-state index contributed by atoms with van der Waals surface area (Å²) in [6.45, 7) is 0.213. The van der Waals surface area contributed by atoms with Gasteiger partial charge >= 0.3 is 0 Å². The molecule has 130 valence electrons. The third-order valence-electron chi connectivity index (χ3n) is 3.55. The first kappa shape index (κ1) is 17.9. The van der Waals surface area contributed by atoms with Gasteiger partial charge in [0.15, 0.2) is 0 Å². The van der Waals surface area contributed by atoms with Gasteiger partial charge in [0.1, 0.15) is 4.90 Å². The Morgan fingerprint density at radius 1 is 1.00 bits per heavy atom. The van der Waals surface area contributed by atoms with Gasteiger partial charge in [-0.25, -0.2) is 17.8 Å². The van der Waals surface area contributed by atoms with Crippen molar-refractivity contribution in [3.05, 3.63) is 76.5 Å². The third kappa shape index (κ3) is 4.22. The van der Waals surface area contributed by atoms with E-state index in [1.807, 2.05) is 36.5 Å². The summed E-state index contributed by atoms with van der Waals surface area (Å²) in [6.07, 6.45) is 4.07. The van der Waals surface area contributed by atoms with Crippen molar-refractivity contribution in [3.63, 3.8) is 0 Å². The Balaban J connectivity index is 1.66. The highest BCUT2D eigenvalue weighted by atomic mass is 35.5. The minimum absolute atomic E-state index is 0.0943. The minimum Gasteiger partial charge on any atom is -0.241 e. The number of halogens is 2. The van der Waals surface area contributed by atoms with Gasteiger partial charge in [0, 0.05) is 12.7 Å². The first-order chi connectivity index (χ1) is 12.0. The predicted molar refractivity (Wildman–Crippen MR) is 98.9 cm³/mol. The van der Waals surface area contributed by atoms with Gasteiger partial charge in [0.05, 0.1) is 21.9 Å². The van der Waals surface area contributed by atoms with Crippen molar-refractivity contribution in [1.29, 1.82) is 0 Å². The largest absolute Gasteiger partial charge is 0.243 e. The maximum atomic E-state index is 12.4. The van der Waals surface area contributed by atoms with Crippen molar-refractivity contribution in [1.82, 2.24) is 14.5 Å². The molecule has 1 aromatic heterocycles. The molecule has 2 aromatic carbocycles. The lowest BCUT2D eigenvalue weighted by atomic mass is 10.2. The molecule has 1 heterocycles. The number of aromatic nitrogens is 2. The van der Waals surface area contributed by atoms with Gasteiger partial charge in [-0.3, -0.25) is 0 Å².